The van der Waals surface area contributed by atoms with Gasteiger partial charge >= 0.3 is 0 Å². The third kappa shape index (κ3) is 2.88. The molecule has 1 aromatic carbocycles. The highest BCUT2D eigenvalue weighted by molar-refractivity contribution is 5.57. The first-order chi connectivity index (χ1) is 9.85. The molecule has 1 aromatic heterocycles. The normalized spacial score (nSPS) is 15.2. The van der Waals surface area contributed by atoms with Gasteiger partial charge in [-0.3, -0.25) is 0 Å². The standard InChI is InChI=1S/C15H18N4O/c16-19-13-10-14(20-12-8-4-5-9-12)18-15(17-13)11-6-2-1-3-7-11/h1-3,6-7,10,12H,4-5,8-9,16H2,(H,17,18,19). The minimum atomic E-state index is 0.263. The second-order valence-electron chi connectivity index (χ2n) is 4.95. The first kappa shape index (κ1) is 12.9. The summed E-state index contributed by atoms with van der Waals surface area (Å²) in [6.07, 6.45) is 4.90. The molecular weight excluding hydrogens is 252 g/mol. The van der Waals surface area contributed by atoms with Crippen molar-refractivity contribution >= 4 is 5.82 Å². The molecule has 3 rings (SSSR count). The summed E-state index contributed by atoms with van der Waals surface area (Å²) < 4.78 is 5.93. The van der Waals surface area contributed by atoms with Crippen molar-refractivity contribution in [2.75, 3.05) is 5.43 Å². The molecule has 0 radical (unpaired) electrons. The molecule has 0 unspecified atom stereocenters. The Kier molecular flexibility index (Phi) is 3.78. The van der Waals surface area contributed by atoms with Crippen molar-refractivity contribution in [2.45, 2.75) is 31.8 Å². The Bertz CT molecular complexity index is 567. The molecule has 20 heavy (non-hydrogen) atoms. The predicted octanol–water partition coefficient (Wildman–Crippen LogP) is 2.75. The third-order valence-corrected chi connectivity index (χ3v) is 3.47. The zero-order valence-corrected chi connectivity index (χ0v) is 11.2. The lowest BCUT2D eigenvalue weighted by Crippen LogP contribution is -2.14. The second kappa shape index (κ2) is 5.88. The molecule has 0 saturated heterocycles. The van der Waals surface area contributed by atoms with E-state index in [9.17, 15) is 0 Å². The SMILES string of the molecule is NNc1cc(OC2CCCC2)nc(-c2ccccc2)n1. The summed E-state index contributed by atoms with van der Waals surface area (Å²) in [6, 6.07) is 11.6. The number of hydrazine groups is 1. The highest BCUT2D eigenvalue weighted by Crippen LogP contribution is 2.26. The van der Waals surface area contributed by atoms with Crippen LogP contribution in [0.2, 0.25) is 0 Å². The van der Waals surface area contributed by atoms with Crippen LogP contribution in [0.3, 0.4) is 0 Å². The largest absolute Gasteiger partial charge is 0.474 e. The van der Waals surface area contributed by atoms with E-state index in [2.05, 4.69) is 15.4 Å². The number of anilines is 1. The summed E-state index contributed by atoms with van der Waals surface area (Å²) in [5.74, 6) is 7.24. The molecular formula is C15H18N4O. The van der Waals surface area contributed by atoms with Crippen molar-refractivity contribution in [1.82, 2.24) is 9.97 Å². The molecule has 3 N–H and O–H groups in total. The van der Waals surface area contributed by atoms with Crippen LogP contribution < -0.4 is 16.0 Å². The molecule has 5 heteroatoms. The molecule has 5 nitrogen and oxygen atoms in total. The van der Waals surface area contributed by atoms with Gasteiger partial charge in [0.05, 0.1) is 0 Å². The van der Waals surface area contributed by atoms with Gasteiger partial charge in [0, 0.05) is 11.6 Å². The summed E-state index contributed by atoms with van der Waals surface area (Å²) in [7, 11) is 0. The van der Waals surface area contributed by atoms with E-state index >= 15 is 0 Å². The average molecular weight is 270 g/mol. The van der Waals surface area contributed by atoms with E-state index in [1.165, 1.54) is 12.8 Å². The van der Waals surface area contributed by atoms with Crippen LogP contribution in [0.5, 0.6) is 5.88 Å². The highest BCUT2D eigenvalue weighted by atomic mass is 16.5. The van der Waals surface area contributed by atoms with Gasteiger partial charge in [0.2, 0.25) is 5.88 Å². The number of hydrogen-bond donors (Lipinski definition) is 2. The number of ether oxygens (including phenoxy) is 1. The van der Waals surface area contributed by atoms with Crippen LogP contribution in [0, 0.1) is 0 Å². The number of hydrogen-bond acceptors (Lipinski definition) is 5. The van der Waals surface area contributed by atoms with E-state index in [4.69, 9.17) is 10.6 Å². The van der Waals surface area contributed by atoms with E-state index in [1.54, 1.807) is 6.07 Å². The van der Waals surface area contributed by atoms with E-state index in [0.717, 1.165) is 18.4 Å². The highest BCUT2D eigenvalue weighted by Gasteiger charge is 2.18. The third-order valence-electron chi connectivity index (χ3n) is 3.47. The summed E-state index contributed by atoms with van der Waals surface area (Å²) in [5.41, 5.74) is 3.52. The topological polar surface area (TPSA) is 73.1 Å². The van der Waals surface area contributed by atoms with Gasteiger partial charge in [-0.05, 0) is 25.7 Å². The Labute approximate surface area is 118 Å². The molecule has 2 aromatic rings. The Morgan fingerprint density at radius 2 is 1.85 bits per heavy atom. The zero-order chi connectivity index (χ0) is 13.8. The van der Waals surface area contributed by atoms with Crippen molar-refractivity contribution in [1.29, 1.82) is 0 Å². The Hall–Kier alpha value is -2.14. The molecule has 1 aliphatic carbocycles. The monoisotopic (exact) mass is 270 g/mol. The van der Waals surface area contributed by atoms with Gasteiger partial charge in [-0.1, -0.05) is 30.3 Å². The maximum absolute atomic E-state index is 5.93. The van der Waals surface area contributed by atoms with Crippen LogP contribution in [0.4, 0.5) is 5.82 Å². The molecule has 0 amide bonds. The van der Waals surface area contributed by atoms with Gasteiger partial charge in [0.1, 0.15) is 11.9 Å². The molecule has 0 bridgehead atoms. The molecule has 0 aliphatic heterocycles. The number of nitrogens with one attached hydrogen (secondary N) is 1. The maximum atomic E-state index is 5.93. The molecule has 1 saturated carbocycles. The van der Waals surface area contributed by atoms with Crippen LogP contribution in [0.15, 0.2) is 36.4 Å². The van der Waals surface area contributed by atoms with Crippen molar-refractivity contribution in [3.05, 3.63) is 36.4 Å². The lowest BCUT2D eigenvalue weighted by molar-refractivity contribution is 0.201. The number of nitrogens with two attached hydrogens (primary N) is 1. The summed E-state index contributed by atoms with van der Waals surface area (Å²) in [4.78, 5) is 8.86. The summed E-state index contributed by atoms with van der Waals surface area (Å²) >= 11 is 0. The van der Waals surface area contributed by atoms with E-state index in [0.29, 0.717) is 17.5 Å². The fourth-order valence-corrected chi connectivity index (χ4v) is 2.45. The lowest BCUT2D eigenvalue weighted by atomic mass is 10.2. The molecule has 0 spiro atoms. The van der Waals surface area contributed by atoms with Gasteiger partial charge in [-0.15, -0.1) is 0 Å². The van der Waals surface area contributed by atoms with E-state index in [1.807, 2.05) is 30.3 Å². The number of nitrogen functional groups attached to an aromatic ring is 1. The molecule has 1 heterocycles. The van der Waals surface area contributed by atoms with Gasteiger partial charge in [0.25, 0.3) is 0 Å². The fraction of sp³-hybridized carbons (Fsp3) is 0.333. The molecule has 0 atom stereocenters. The van der Waals surface area contributed by atoms with Crippen molar-refractivity contribution in [2.24, 2.45) is 5.84 Å². The number of benzene rings is 1. The number of rotatable bonds is 4. The quantitative estimate of drug-likeness (QED) is 0.660. The average Bonchev–Trinajstić information content (AvgIpc) is 3.00. The van der Waals surface area contributed by atoms with Crippen molar-refractivity contribution in [3.63, 3.8) is 0 Å². The smallest absolute Gasteiger partial charge is 0.219 e. The van der Waals surface area contributed by atoms with E-state index < -0.39 is 0 Å². The lowest BCUT2D eigenvalue weighted by Gasteiger charge is -2.13. The van der Waals surface area contributed by atoms with Crippen LogP contribution in [-0.2, 0) is 0 Å². The molecule has 1 fully saturated rings. The van der Waals surface area contributed by atoms with Crippen molar-refractivity contribution in [3.8, 4) is 17.3 Å². The van der Waals surface area contributed by atoms with Crippen LogP contribution in [0.1, 0.15) is 25.7 Å². The first-order valence-corrected chi connectivity index (χ1v) is 6.93. The van der Waals surface area contributed by atoms with E-state index in [-0.39, 0.29) is 6.10 Å². The van der Waals surface area contributed by atoms with Gasteiger partial charge in [0.15, 0.2) is 5.82 Å². The van der Waals surface area contributed by atoms with Gasteiger partial charge in [-0.25, -0.2) is 10.8 Å². The predicted molar refractivity (Wildman–Crippen MR) is 78.2 cm³/mol. The number of aromatic nitrogens is 2. The molecule has 104 valence electrons. The molecule has 1 aliphatic rings. The fourth-order valence-electron chi connectivity index (χ4n) is 2.45. The minimum absolute atomic E-state index is 0.263. The van der Waals surface area contributed by atoms with Gasteiger partial charge in [-0.2, -0.15) is 4.98 Å². The van der Waals surface area contributed by atoms with Crippen LogP contribution in [-0.4, -0.2) is 16.1 Å². The summed E-state index contributed by atoms with van der Waals surface area (Å²) in [6.45, 7) is 0. The van der Waals surface area contributed by atoms with Crippen LogP contribution >= 0.6 is 0 Å². The second-order valence-corrected chi connectivity index (χ2v) is 4.95. The Balaban J connectivity index is 1.90. The van der Waals surface area contributed by atoms with Crippen LogP contribution in [0.25, 0.3) is 11.4 Å². The minimum Gasteiger partial charge on any atom is -0.474 e. The van der Waals surface area contributed by atoms with Crippen molar-refractivity contribution < 1.29 is 4.74 Å². The number of nitrogens with zero attached hydrogens (tertiary/aromatic N) is 2. The Morgan fingerprint density at radius 1 is 1.10 bits per heavy atom. The Morgan fingerprint density at radius 3 is 2.55 bits per heavy atom. The first-order valence-electron chi connectivity index (χ1n) is 6.93. The maximum Gasteiger partial charge on any atom is 0.219 e. The zero-order valence-electron chi connectivity index (χ0n) is 11.2. The summed E-state index contributed by atoms with van der Waals surface area (Å²) in [5, 5.41) is 0. The van der Waals surface area contributed by atoms with Gasteiger partial charge < -0.3 is 10.2 Å².